The van der Waals surface area contributed by atoms with Crippen molar-refractivity contribution in [3.8, 4) is 16.9 Å². The molecule has 0 N–H and O–H groups in total. The normalized spacial score (nSPS) is 10.7. The van der Waals surface area contributed by atoms with Gasteiger partial charge in [0.25, 0.3) is 5.91 Å². The first-order valence-corrected chi connectivity index (χ1v) is 9.13. The zero-order chi connectivity index (χ0) is 17.8. The number of amides is 1. The minimum Gasteiger partial charge on any atom is -0.339 e. The molecule has 0 bridgehead atoms. The lowest BCUT2D eigenvalue weighted by Gasteiger charge is -2.18. The number of para-hydroxylation sites is 1. The van der Waals surface area contributed by atoms with Crippen LogP contribution in [-0.2, 0) is 0 Å². The van der Waals surface area contributed by atoms with Crippen LogP contribution >= 0.6 is 15.9 Å². The Kier molecular flexibility index (Phi) is 5.34. The van der Waals surface area contributed by atoms with Crippen LogP contribution < -0.4 is 0 Å². The topological polar surface area (TPSA) is 38.1 Å². The molecule has 0 fully saturated rings. The highest BCUT2D eigenvalue weighted by atomic mass is 79.9. The van der Waals surface area contributed by atoms with Gasteiger partial charge in [-0.05, 0) is 38.1 Å². The van der Waals surface area contributed by atoms with Crippen LogP contribution in [0.4, 0.5) is 0 Å². The fourth-order valence-electron chi connectivity index (χ4n) is 2.77. The molecule has 0 aliphatic carbocycles. The average Bonchev–Trinajstić information content (AvgIpc) is 3.09. The van der Waals surface area contributed by atoms with Gasteiger partial charge in [0.1, 0.15) is 5.69 Å². The van der Waals surface area contributed by atoms with Gasteiger partial charge < -0.3 is 4.90 Å². The van der Waals surface area contributed by atoms with Gasteiger partial charge >= 0.3 is 0 Å². The molecule has 128 valence electrons. The Morgan fingerprint density at radius 3 is 2.44 bits per heavy atom. The number of carbonyl (C=O) groups is 1. The molecule has 0 unspecified atom stereocenters. The molecule has 1 heterocycles. The van der Waals surface area contributed by atoms with E-state index in [0.29, 0.717) is 24.3 Å². The maximum absolute atomic E-state index is 13.0. The molecule has 1 aromatic heterocycles. The minimum atomic E-state index is 0.00200. The van der Waals surface area contributed by atoms with Gasteiger partial charge in [-0.3, -0.25) is 4.79 Å². The van der Waals surface area contributed by atoms with Crippen LogP contribution in [0.15, 0.2) is 65.3 Å². The number of rotatable bonds is 5. The van der Waals surface area contributed by atoms with Crippen LogP contribution in [0.2, 0.25) is 0 Å². The van der Waals surface area contributed by atoms with Gasteiger partial charge in [-0.1, -0.05) is 46.3 Å². The van der Waals surface area contributed by atoms with Crippen molar-refractivity contribution in [1.82, 2.24) is 14.7 Å². The van der Waals surface area contributed by atoms with Crippen LogP contribution in [-0.4, -0.2) is 33.7 Å². The zero-order valence-electron chi connectivity index (χ0n) is 14.3. The lowest BCUT2D eigenvalue weighted by molar-refractivity contribution is 0.0773. The van der Waals surface area contributed by atoms with Gasteiger partial charge in [-0.25, -0.2) is 4.68 Å². The summed E-state index contributed by atoms with van der Waals surface area (Å²) < 4.78 is 2.73. The molecule has 0 saturated carbocycles. The monoisotopic (exact) mass is 397 g/mol. The summed E-state index contributed by atoms with van der Waals surface area (Å²) in [7, 11) is 0. The fourth-order valence-corrected chi connectivity index (χ4v) is 3.17. The van der Waals surface area contributed by atoms with Crippen molar-refractivity contribution < 1.29 is 4.79 Å². The van der Waals surface area contributed by atoms with Crippen molar-refractivity contribution in [1.29, 1.82) is 0 Å². The molecule has 3 rings (SSSR count). The lowest BCUT2D eigenvalue weighted by Crippen LogP contribution is -2.30. The van der Waals surface area contributed by atoms with Crippen molar-refractivity contribution in [2.45, 2.75) is 13.8 Å². The SMILES string of the molecule is CCN(CC)C(=O)c1cn(-c2ccccc2)nc1-c1cccc(Br)c1. The molecular weight excluding hydrogens is 378 g/mol. The van der Waals surface area contributed by atoms with E-state index in [-0.39, 0.29) is 5.91 Å². The van der Waals surface area contributed by atoms with Crippen LogP contribution in [0.5, 0.6) is 0 Å². The van der Waals surface area contributed by atoms with Crippen molar-refractivity contribution in [3.05, 3.63) is 70.8 Å². The molecule has 4 nitrogen and oxygen atoms in total. The summed E-state index contributed by atoms with van der Waals surface area (Å²) in [6.45, 7) is 5.32. The van der Waals surface area contributed by atoms with Gasteiger partial charge in [0, 0.05) is 29.3 Å². The summed E-state index contributed by atoms with van der Waals surface area (Å²) in [5.41, 5.74) is 3.16. The predicted molar refractivity (Wildman–Crippen MR) is 104 cm³/mol. The second-order valence-electron chi connectivity index (χ2n) is 5.66. The summed E-state index contributed by atoms with van der Waals surface area (Å²) >= 11 is 3.50. The molecule has 0 aliphatic heterocycles. The molecule has 0 radical (unpaired) electrons. The highest BCUT2D eigenvalue weighted by Crippen LogP contribution is 2.27. The molecule has 0 spiro atoms. The first kappa shape index (κ1) is 17.4. The van der Waals surface area contributed by atoms with Gasteiger partial charge in [-0.15, -0.1) is 0 Å². The van der Waals surface area contributed by atoms with E-state index in [1.54, 1.807) is 4.68 Å². The Morgan fingerprint density at radius 1 is 1.08 bits per heavy atom. The second-order valence-corrected chi connectivity index (χ2v) is 6.57. The van der Waals surface area contributed by atoms with Gasteiger partial charge in [0.2, 0.25) is 0 Å². The number of halogens is 1. The highest BCUT2D eigenvalue weighted by molar-refractivity contribution is 9.10. The summed E-state index contributed by atoms with van der Waals surface area (Å²) in [5.74, 6) is 0.00200. The summed E-state index contributed by atoms with van der Waals surface area (Å²) in [4.78, 5) is 14.8. The summed E-state index contributed by atoms with van der Waals surface area (Å²) in [6.07, 6.45) is 1.83. The van der Waals surface area contributed by atoms with Gasteiger partial charge in [-0.2, -0.15) is 5.10 Å². The third-order valence-corrected chi connectivity index (χ3v) is 4.61. The van der Waals surface area contributed by atoms with Crippen molar-refractivity contribution >= 4 is 21.8 Å². The van der Waals surface area contributed by atoms with Crippen molar-refractivity contribution in [3.63, 3.8) is 0 Å². The quantitative estimate of drug-likeness (QED) is 0.620. The maximum Gasteiger partial charge on any atom is 0.257 e. The van der Waals surface area contributed by atoms with Crippen LogP contribution in [0, 0.1) is 0 Å². The lowest BCUT2D eigenvalue weighted by atomic mass is 10.1. The number of aromatic nitrogens is 2. The molecule has 0 aliphatic rings. The second kappa shape index (κ2) is 7.66. The van der Waals surface area contributed by atoms with E-state index in [0.717, 1.165) is 15.7 Å². The largest absolute Gasteiger partial charge is 0.339 e. The molecule has 25 heavy (non-hydrogen) atoms. The molecule has 0 atom stereocenters. The Bertz CT molecular complexity index is 870. The molecule has 2 aromatic carbocycles. The highest BCUT2D eigenvalue weighted by Gasteiger charge is 2.22. The van der Waals surface area contributed by atoms with E-state index in [1.165, 1.54) is 0 Å². The van der Waals surface area contributed by atoms with Gasteiger partial charge in [0.15, 0.2) is 0 Å². The first-order chi connectivity index (χ1) is 12.1. The Labute approximate surface area is 156 Å². The Hall–Kier alpha value is -2.40. The molecule has 3 aromatic rings. The van der Waals surface area contributed by atoms with Gasteiger partial charge in [0.05, 0.1) is 11.3 Å². The number of benzene rings is 2. The number of nitrogens with zero attached hydrogens (tertiary/aromatic N) is 3. The molecule has 0 saturated heterocycles. The fraction of sp³-hybridized carbons (Fsp3) is 0.200. The number of hydrogen-bond donors (Lipinski definition) is 0. The Morgan fingerprint density at radius 2 is 1.80 bits per heavy atom. The predicted octanol–water partition coefficient (Wildman–Crippen LogP) is 4.78. The molecule has 5 heteroatoms. The zero-order valence-corrected chi connectivity index (χ0v) is 15.9. The molecule has 1 amide bonds. The third kappa shape index (κ3) is 3.66. The first-order valence-electron chi connectivity index (χ1n) is 8.34. The number of carbonyl (C=O) groups excluding carboxylic acids is 1. The standard InChI is InChI=1S/C20H20BrN3O/c1-3-23(4-2)20(25)18-14-24(17-11-6-5-7-12-17)22-19(18)15-9-8-10-16(21)13-15/h5-14H,3-4H2,1-2H3. The van der Waals surface area contributed by atoms with E-state index in [9.17, 15) is 4.79 Å². The van der Waals surface area contributed by atoms with Crippen molar-refractivity contribution in [2.24, 2.45) is 0 Å². The van der Waals surface area contributed by atoms with E-state index < -0.39 is 0 Å². The van der Waals surface area contributed by atoms with E-state index in [1.807, 2.05) is 79.5 Å². The third-order valence-electron chi connectivity index (χ3n) is 4.11. The van der Waals surface area contributed by atoms with Crippen LogP contribution in [0.1, 0.15) is 24.2 Å². The minimum absolute atomic E-state index is 0.00200. The van der Waals surface area contributed by atoms with Crippen molar-refractivity contribution in [2.75, 3.05) is 13.1 Å². The van der Waals surface area contributed by atoms with E-state index in [2.05, 4.69) is 15.9 Å². The summed E-state index contributed by atoms with van der Waals surface area (Å²) in [6, 6.07) is 17.7. The maximum atomic E-state index is 13.0. The molecular formula is C20H20BrN3O. The Balaban J connectivity index is 2.14. The van der Waals surface area contributed by atoms with E-state index >= 15 is 0 Å². The average molecular weight is 398 g/mol. The van der Waals surface area contributed by atoms with Crippen LogP contribution in [0.3, 0.4) is 0 Å². The smallest absolute Gasteiger partial charge is 0.257 e. The van der Waals surface area contributed by atoms with E-state index in [4.69, 9.17) is 5.10 Å². The number of hydrogen-bond acceptors (Lipinski definition) is 2. The van der Waals surface area contributed by atoms with Crippen LogP contribution in [0.25, 0.3) is 16.9 Å². The summed E-state index contributed by atoms with van der Waals surface area (Å²) in [5, 5.41) is 4.71.